The highest BCUT2D eigenvalue weighted by atomic mass is 19.3. The number of halogens is 2. The zero-order chi connectivity index (χ0) is 14.6. The van der Waals surface area contributed by atoms with Gasteiger partial charge in [-0.3, -0.25) is 9.59 Å². The first kappa shape index (κ1) is 15.1. The summed E-state index contributed by atoms with van der Waals surface area (Å²) in [5.41, 5.74) is -0.158. The third-order valence-electron chi connectivity index (χ3n) is 2.90. The number of nitrogens with one attached hydrogen (secondary N) is 1. The number of carbonyl (C=O) groups excluding carboxylic acids is 1. The number of carboxylic acids is 1. The van der Waals surface area contributed by atoms with E-state index >= 15 is 0 Å². The predicted molar refractivity (Wildman–Crippen MR) is 65.1 cm³/mol. The van der Waals surface area contributed by atoms with E-state index in [0.29, 0.717) is 0 Å². The summed E-state index contributed by atoms with van der Waals surface area (Å²) in [6.07, 6.45) is -2.65. The highest BCUT2D eigenvalue weighted by Gasteiger charge is 2.21. The molecule has 4 nitrogen and oxygen atoms in total. The van der Waals surface area contributed by atoms with Gasteiger partial charge in [-0.05, 0) is 26.0 Å². The van der Waals surface area contributed by atoms with Crippen molar-refractivity contribution in [1.29, 1.82) is 0 Å². The molecule has 2 unspecified atom stereocenters. The second-order valence-corrected chi connectivity index (χ2v) is 4.32. The Morgan fingerprint density at radius 3 is 2.42 bits per heavy atom. The number of hydrogen-bond acceptors (Lipinski definition) is 2. The van der Waals surface area contributed by atoms with Crippen molar-refractivity contribution in [2.75, 3.05) is 0 Å². The van der Waals surface area contributed by atoms with Gasteiger partial charge in [-0.2, -0.15) is 0 Å². The molecule has 1 amide bonds. The molecule has 0 aromatic heterocycles. The van der Waals surface area contributed by atoms with Crippen LogP contribution in [-0.2, 0) is 4.79 Å². The van der Waals surface area contributed by atoms with Crippen molar-refractivity contribution >= 4 is 11.9 Å². The lowest BCUT2D eigenvalue weighted by molar-refractivity contribution is -0.141. The lowest BCUT2D eigenvalue weighted by Gasteiger charge is -2.17. The molecule has 6 heteroatoms. The molecular formula is C13H15F2NO3. The highest BCUT2D eigenvalue weighted by molar-refractivity contribution is 5.94. The molecule has 0 fully saturated rings. The first-order chi connectivity index (χ1) is 8.82. The van der Waals surface area contributed by atoms with Crippen LogP contribution in [0, 0.1) is 5.92 Å². The number of rotatable bonds is 5. The number of hydrogen-bond donors (Lipinski definition) is 2. The van der Waals surface area contributed by atoms with Crippen LogP contribution in [0.4, 0.5) is 8.78 Å². The molecule has 104 valence electrons. The van der Waals surface area contributed by atoms with Crippen LogP contribution in [0.25, 0.3) is 0 Å². The fraction of sp³-hybridized carbons (Fsp3) is 0.385. The summed E-state index contributed by atoms with van der Waals surface area (Å²) < 4.78 is 25.0. The predicted octanol–water partition coefficient (Wildman–Crippen LogP) is 2.46. The van der Waals surface area contributed by atoms with Crippen molar-refractivity contribution < 1.29 is 23.5 Å². The minimum absolute atomic E-state index is 0.0854. The van der Waals surface area contributed by atoms with Crippen molar-refractivity contribution in [3.8, 4) is 0 Å². The largest absolute Gasteiger partial charge is 0.481 e. The maximum absolute atomic E-state index is 12.5. The van der Waals surface area contributed by atoms with Gasteiger partial charge in [0.25, 0.3) is 12.3 Å². The van der Waals surface area contributed by atoms with E-state index in [4.69, 9.17) is 5.11 Å². The quantitative estimate of drug-likeness (QED) is 0.864. The van der Waals surface area contributed by atoms with Gasteiger partial charge in [0.2, 0.25) is 0 Å². The Labute approximate surface area is 109 Å². The SMILES string of the molecule is CC(NC(=O)c1cccc(C(F)F)c1)C(C)C(=O)O. The molecule has 0 spiro atoms. The molecule has 0 bridgehead atoms. The zero-order valence-corrected chi connectivity index (χ0v) is 10.6. The number of benzene rings is 1. The van der Waals surface area contributed by atoms with Crippen LogP contribution < -0.4 is 5.32 Å². The van der Waals surface area contributed by atoms with Gasteiger partial charge >= 0.3 is 5.97 Å². The van der Waals surface area contributed by atoms with Gasteiger partial charge in [-0.1, -0.05) is 12.1 Å². The monoisotopic (exact) mass is 271 g/mol. The lowest BCUT2D eigenvalue weighted by Crippen LogP contribution is -2.40. The van der Waals surface area contributed by atoms with Crippen LogP contribution in [0.5, 0.6) is 0 Å². The smallest absolute Gasteiger partial charge is 0.308 e. The van der Waals surface area contributed by atoms with Crippen molar-refractivity contribution in [3.05, 3.63) is 35.4 Å². The van der Waals surface area contributed by atoms with E-state index in [-0.39, 0.29) is 11.1 Å². The van der Waals surface area contributed by atoms with Crippen LogP contribution in [0.3, 0.4) is 0 Å². The van der Waals surface area contributed by atoms with E-state index in [2.05, 4.69) is 5.32 Å². The number of carbonyl (C=O) groups is 2. The molecule has 0 saturated heterocycles. The molecule has 0 saturated carbocycles. The molecule has 19 heavy (non-hydrogen) atoms. The molecule has 2 N–H and O–H groups in total. The lowest BCUT2D eigenvalue weighted by atomic mass is 10.0. The maximum Gasteiger partial charge on any atom is 0.308 e. The number of carboxylic acid groups (broad SMARTS) is 1. The minimum Gasteiger partial charge on any atom is -0.481 e. The molecule has 0 aliphatic rings. The Hall–Kier alpha value is -1.98. The van der Waals surface area contributed by atoms with E-state index in [1.807, 2.05) is 0 Å². The average Bonchev–Trinajstić information content (AvgIpc) is 2.37. The summed E-state index contributed by atoms with van der Waals surface area (Å²) >= 11 is 0. The summed E-state index contributed by atoms with van der Waals surface area (Å²) in [6.45, 7) is 3.01. The highest BCUT2D eigenvalue weighted by Crippen LogP contribution is 2.19. The second kappa shape index (κ2) is 6.26. The topological polar surface area (TPSA) is 66.4 Å². The third kappa shape index (κ3) is 4.01. The van der Waals surface area contributed by atoms with Gasteiger partial charge in [-0.15, -0.1) is 0 Å². The number of aliphatic carboxylic acids is 1. The molecule has 0 heterocycles. The first-order valence-electron chi connectivity index (χ1n) is 5.74. The fourth-order valence-electron chi connectivity index (χ4n) is 1.44. The van der Waals surface area contributed by atoms with Crippen LogP contribution in [0.15, 0.2) is 24.3 Å². The minimum atomic E-state index is -2.65. The van der Waals surface area contributed by atoms with Gasteiger partial charge in [0, 0.05) is 17.2 Å². The fourth-order valence-corrected chi connectivity index (χ4v) is 1.44. The number of amides is 1. The van der Waals surface area contributed by atoms with Crippen molar-refractivity contribution in [3.63, 3.8) is 0 Å². The Bertz CT molecular complexity index is 477. The molecular weight excluding hydrogens is 256 g/mol. The molecule has 2 atom stereocenters. The van der Waals surface area contributed by atoms with Gasteiger partial charge in [0.1, 0.15) is 0 Å². The van der Waals surface area contributed by atoms with E-state index in [9.17, 15) is 18.4 Å². The van der Waals surface area contributed by atoms with Crippen molar-refractivity contribution in [1.82, 2.24) is 5.32 Å². The van der Waals surface area contributed by atoms with Crippen LogP contribution in [0.1, 0.15) is 36.2 Å². The second-order valence-electron chi connectivity index (χ2n) is 4.32. The Kier molecular flexibility index (Phi) is 4.97. The standard InChI is InChI=1S/C13H15F2NO3/c1-7(13(18)19)8(2)16-12(17)10-5-3-4-9(6-10)11(14)15/h3-8,11H,1-2H3,(H,16,17)(H,18,19). The van der Waals surface area contributed by atoms with E-state index in [1.165, 1.54) is 25.1 Å². The Morgan fingerprint density at radius 1 is 1.26 bits per heavy atom. The molecule has 1 rings (SSSR count). The van der Waals surface area contributed by atoms with Crippen LogP contribution in [0.2, 0.25) is 0 Å². The van der Waals surface area contributed by atoms with E-state index < -0.39 is 30.3 Å². The van der Waals surface area contributed by atoms with Crippen molar-refractivity contribution in [2.45, 2.75) is 26.3 Å². The molecule has 0 radical (unpaired) electrons. The normalized spacial score (nSPS) is 13.9. The van der Waals surface area contributed by atoms with Crippen LogP contribution in [-0.4, -0.2) is 23.0 Å². The summed E-state index contributed by atoms with van der Waals surface area (Å²) in [7, 11) is 0. The summed E-state index contributed by atoms with van der Waals surface area (Å²) in [4.78, 5) is 22.6. The maximum atomic E-state index is 12.5. The molecule has 0 aliphatic heterocycles. The molecule has 1 aromatic rings. The summed E-state index contributed by atoms with van der Waals surface area (Å²) in [5.74, 6) is -2.36. The third-order valence-corrected chi connectivity index (χ3v) is 2.90. The zero-order valence-electron chi connectivity index (χ0n) is 10.6. The number of alkyl halides is 2. The Morgan fingerprint density at radius 2 is 1.89 bits per heavy atom. The van der Waals surface area contributed by atoms with E-state index in [1.54, 1.807) is 6.92 Å². The average molecular weight is 271 g/mol. The first-order valence-corrected chi connectivity index (χ1v) is 5.74. The van der Waals surface area contributed by atoms with Gasteiger partial charge in [-0.25, -0.2) is 8.78 Å². The van der Waals surface area contributed by atoms with Gasteiger partial charge in [0.15, 0.2) is 0 Å². The molecule has 0 aliphatic carbocycles. The summed E-state index contributed by atoms with van der Waals surface area (Å²) in [6, 6.07) is 4.49. The van der Waals surface area contributed by atoms with Crippen LogP contribution >= 0.6 is 0 Å². The summed E-state index contributed by atoms with van der Waals surface area (Å²) in [5, 5.41) is 11.3. The van der Waals surface area contributed by atoms with E-state index in [0.717, 1.165) is 6.07 Å². The van der Waals surface area contributed by atoms with Gasteiger partial charge < -0.3 is 10.4 Å². The van der Waals surface area contributed by atoms with Gasteiger partial charge in [0.05, 0.1) is 5.92 Å². The molecule has 1 aromatic carbocycles. The van der Waals surface area contributed by atoms with Crippen molar-refractivity contribution in [2.24, 2.45) is 5.92 Å². The Balaban J connectivity index is 2.78.